The number of hydrogen-bond donors (Lipinski definition) is 2. The average molecular weight is 448 g/mol. The second kappa shape index (κ2) is 10.3. The molecule has 0 saturated heterocycles. The van der Waals surface area contributed by atoms with Crippen LogP contribution in [-0.4, -0.2) is 49.0 Å². The standard InChI is InChI=1S/C23H37N5O2S/c1-9-20(14-31(29,30)21-11-10-15(2)16(3)12-21)26-23(24-7)25-17(4)13-22-18(5)27-28(8)19(22)6/h10-12,17,20H,9,13-14H2,1-8H3,(H2,24,25,26). The Balaban J connectivity index is 2.05. The van der Waals surface area contributed by atoms with Crippen LogP contribution in [0.4, 0.5) is 0 Å². The number of rotatable bonds is 8. The molecule has 172 valence electrons. The number of aromatic nitrogens is 2. The van der Waals surface area contributed by atoms with Crippen molar-refractivity contribution in [3.63, 3.8) is 0 Å². The molecule has 31 heavy (non-hydrogen) atoms. The van der Waals surface area contributed by atoms with Crippen molar-refractivity contribution < 1.29 is 8.42 Å². The molecule has 0 aliphatic carbocycles. The molecule has 0 saturated carbocycles. The molecule has 0 spiro atoms. The molecular formula is C23H37N5O2S. The van der Waals surface area contributed by atoms with Gasteiger partial charge in [-0.3, -0.25) is 9.67 Å². The normalized spacial score (nSPS) is 14.4. The van der Waals surface area contributed by atoms with E-state index in [2.05, 4.69) is 34.6 Å². The van der Waals surface area contributed by atoms with Gasteiger partial charge in [-0.15, -0.1) is 0 Å². The molecule has 8 heteroatoms. The number of nitrogens with one attached hydrogen (secondary N) is 2. The van der Waals surface area contributed by atoms with Gasteiger partial charge in [-0.1, -0.05) is 13.0 Å². The van der Waals surface area contributed by atoms with Gasteiger partial charge in [0.15, 0.2) is 15.8 Å². The lowest BCUT2D eigenvalue weighted by Crippen LogP contribution is -2.49. The smallest absolute Gasteiger partial charge is 0.191 e. The van der Waals surface area contributed by atoms with Crippen molar-refractivity contribution >= 4 is 15.8 Å². The molecular weight excluding hydrogens is 410 g/mol. The number of sulfone groups is 1. The van der Waals surface area contributed by atoms with E-state index in [-0.39, 0.29) is 17.8 Å². The molecule has 0 bridgehead atoms. The fourth-order valence-electron chi connectivity index (χ4n) is 3.60. The Hall–Kier alpha value is -2.35. The molecule has 2 unspecified atom stereocenters. The molecule has 0 amide bonds. The molecule has 0 fully saturated rings. The maximum atomic E-state index is 13.0. The third-order valence-corrected chi connectivity index (χ3v) is 7.68. The zero-order valence-electron chi connectivity index (χ0n) is 20.1. The summed E-state index contributed by atoms with van der Waals surface area (Å²) in [5.74, 6) is 0.621. The number of aliphatic imine (C=N–C) groups is 1. The van der Waals surface area contributed by atoms with E-state index in [0.29, 0.717) is 17.3 Å². The topological polar surface area (TPSA) is 88.4 Å². The lowest BCUT2D eigenvalue weighted by atomic mass is 10.1. The van der Waals surface area contributed by atoms with Crippen LogP contribution in [0.25, 0.3) is 0 Å². The number of aryl methyl sites for hydroxylation is 4. The van der Waals surface area contributed by atoms with Crippen LogP contribution < -0.4 is 10.6 Å². The molecule has 0 radical (unpaired) electrons. The highest BCUT2D eigenvalue weighted by atomic mass is 32.2. The maximum Gasteiger partial charge on any atom is 0.191 e. The van der Waals surface area contributed by atoms with Gasteiger partial charge in [0, 0.05) is 31.9 Å². The highest BCUT2D eigenvalue weighted by Crippen LogP contribution is 2.18. The van der Waals surface area contributed by atoms with Crippen LogP contribution in [0.1, 0.15) is 48.3 Å². The van der Waals surface area contributed by atoms with Gasteiger partial charge < -0.3 is 10.6 Å². The van der Waals surface area contributed by atoms with Gasteiger partial charge in [-0.05, 0) is 76.3 Å². The van der Waals surface area contributed by atoms with Gasteiger partial charge >= 0.3 is 0 Å². The van der Waals surface area contributed by atoms with Crippen molar-refractivity contribution in [1.29, 1.82) is 0 Å². The SMILES string of the molecule is CCC(CS(=O)(=O)c1ccc(C)c(C)c1)NC(=NC)NC(C)Cc1c(C)nn(C)c1C. The molecule has 1 aromatic carbocycles. The minimum atomic E-state index is -3.41. The Labute approximate surface area is 187 Å². The first-order valence-corrected chi connectivity index (χ1v) is 12.4. The highest BCUT2D eigenvalue weighted by Gasteiger charge is 2.22. The van der Waals surface area contributed by atoms with Crippen molar-refractivity contribution in [3.05, 3.63) is 46.3 Å². The van der Waals surface area contributed by atoms with E-state index >= 15 is 0 Å². The lowest BCUT2D eigenvalue weighted by Gasteiger charge is -2.23. The lowest BCUT2D eigenvalue weighted by molar-refractivity contribution is 0.561. The molecule has 2 aromatic rings. The summed E-state index contributed by atoms with van der Waals surface area (Å²) in [6, 6.07) is 5.18. The Morgan fingerprint density at radius 3 is 2.35 bits per heavy atom. The van der Waals surface area contributed by atoms with E-state index in [1.807, 2.05) is 45.5 Å². The summed E-state index contributed by atoms with van der Waals surface area (Å²) in [6.45, 7) is 12.1. The van der Waals surface area contributed by atoms with Gasteiger partial charge in [0.05, 0.1) is 16.3 Å². The summed E-state index contributed by atoms with van der Waals surface area (Å²) in [5.41, 5.74) is 5.47. The van der Waals surface area contributed by atoms with Gasteiger partial charge in [-0.2, -0.15) is 5.10 Å². The zero-order chi connectivity index (χ0) is 23.3. The van der Waals surface area contributed by atoms with Crippen LogP contribution in [0.15, 0.2) is 28.1 Å². The average Bonchev–Trinajstić information content (AvgIpc) is 2.94. The Kier molecular flexibility index (Phi) is 8.28. The van der Waals surface area contributed by atoms with Crippen LogP contribution in [0, 0.1) is 27.7 Å². The molecule has 0 aliphatic heterocycles. The first-order valence-electron chi connectivity index (χ1n) is 10.8. The minimum Gasteiger partial charge on any atom is -0.354 e. The second-order valence-electron chi connectivity index (χ2n) is 8.37. The van der Waals surface area contributed by atoms with E-state index in [0.717, 1.165) is 28.9 Å². The molecule has 1 aromatic heterocycles. The van der Waals surface area contributed by atoms with E-state index in [1.54, 1.807) is 19.2 Å². The van der Waals surface area contributed by atoms with Crippen molar-refractivity contribution in [2.45, 2.75) is 71.4 Å². The fraction of sp³-hybridized carbons (Fsp3) is 0.565. The van der Waals surface area contributed by atoms with Gasteiger partial charge in [-0.25, -0.2) is 8.42 Å². The number of guanidine groups is 1. The number of nitrogens with zero attached hydrogens (tertiary/aromatic N) is 3. The van der Waals surface area contributed by atoms with E-state index in [4.69, 9.17) is 0 Å². The maximum absolute atomic E-state index is 13.0. The van der Waals surface area contributed by atoms with Gasteiger partial charge in [0.2, 0.25) is 0 Å². The van der Waals surface area contributed by atoms with Crippen molar-refractivity contribution in [1.82, 2.24) is 20.4 Å². The summed E-state index contributed by atoms with van der Waals surface area (Å²) in [6.07, 6.45) is 1.48. The molecule has 1 heterocycles. The van der Waals surface area contributed by atoms with Gasteiger partial charge in [0.25, 0.3) is 0 Å². The van der Waals surface area contributed by atoms with E-state index < -0.39 is 9.84 Å². The molecule has 2 N–H and O–H groups in total. The fourth-order valence-corrected chi connectivity index (χ4v) is 5.27. The second-order valence-corrected chi connectivity index (χ2v) is 10.4. The highest BCUT2D eigenvalue weighted by molar-refractivity contribution is 7.91. The van der Waals surface area contributed by atoms with Crippen LogP contribution in [-0.2, 0) is 23.3 Å². The summed E-state index contributed by atoms with van der Waals surface area (Å²) >= 11 is 0. The molecule has 7 nitrogen and oxygen atoms in total. The monoisotopic (exact) mass is 447 g/mol. The summed E-state index contributed by atoms with van der Waals surface area (Å²) in [4.78, 5) is 4.68. The molecule has 2 atom stereocenters. The predicted molar refractivity (Wildman–Crippen MR) is 128 cm³/mol. The van der Waals surface area contributed by atoms with Crippen molar-refractivity contribution in [3.8, 4) is 0 Å². The van der Waals surface area contributed by atoms with Crippen molar-refractivity contribution in [2.24, 2.45) is 12.0 Å². The van der Waals surface area contributed by atoms with Crippen LogP contribution in [0.3, 0.4) is 0 Å². The quantitative estimate of drug-likeness (QED) is 0.480. The first-order chi connectivity index (χ1) is 14.5. The van der Waals surface area contributed by atoms with Gasteiger partial charge in [0.1, 0.15) is 0 Å². The van der Waals surface area contributed by atoms with Crippen LogP contribution in [0.2, 0.25) is 0 Å². The van der Waals surface area contributed by atoms with Crippen LogP contribution >= 0.6 is 0 Å². The zero-order valence-corrected chi connectivity index (χ0v) is 20.9. The van der Waals surface area contributed by atoms with Crippen molar-refractivity contribution in [2.75, 3.05) is 12.8 Å². The third kappa shape index (κ3) is 6.32. The summed E-state index contributed by atoms with van der Waals surface area (Å²) in [7, 11) is 0.246. The van der Waals surface area contributed by atoms with E-state index in [1.165, 1.54) is 5.56 Å². The molecule has 0 aliphatic rings. The Morgan fingerprint density at radius 2 is 1.84 bits per heavy atom. The predicted octanol–water partition coefficient (Wildman–Crippen LogP) is 3.00. The minimum absolute atomic E-state index is 0.0158. The summed E-state index contributed by atoms with van der Waals surface area (Å²) in [5, 5.41) is 11.2. The number of benzene rings is 1. The Bertz CT molecular complexity index is 1040. The number of hydrogen-bond acceptors (Lipinski definition) is 4. The molecule has 2 rings (SSSR count). The van der Waals surface area contributed by atoms with E-state index in [9.17, 15) is 8.42 Å². The largest absolute Gasteiger partial charge is 0.354 e. The Morgan fingerprint density at radius 1 is 1.16 bits per heavy atom. The summed E-state index contributed by atoms with van der Waals surface area (Å²) < 4.78 is 27.8. The first kappa shape index (κ1) is 24.9. The van der Waals surface area contributed by atoms with Crippen LogP contribution in [0.5, 0.6) is 0 Å². The third-order valence-electron chi connectivity index (χ3n) is 5.87.